The fourth-order valence-electron chi connectivity index (χ4n) is 2.60. The fourth-order valence-corrected chi connectivity index (χ4v) is 2.60. The lowest BCUT2D eigenvalue weighted by atomic mass is 10.2. The molecule has 0 spiro atoms. The summed E-state index contributed by atoms with van der Waals surface area (Å²) < 4.78 is 16.3. The molecule has 1 N–H and O–H groups in total. The molecule has 17 heavy (non-hydrogen) atoms. The van der Waals surface area contributed by atoms with Crippen LogP contribution in [0.2, 0.25) is 0 Å². The van der Waals surface area contributed by atoms with Crippen molar-refractivity contribution in [2.45, 2.75) is 24.7 Å². The van der Waals surface area contributed by atoms with Gasteiger partial charge in [0, 0.05) is 39.9 Å². The molecule has 0 aliphatic carbocycles. The molecule has 100 valence electrons. The Morgan fingerprint density at radius 1 is 1.24 bits per heavy atom. The van der Waals surface area contributed by atoms with E-state index in [0.29, 0.717) is 6.04 Å². The van der Waals surface area contributed by atoms with Gasteiger partial charge in [-0.3, -0.25) is 4.90 Å². The van der Waals surface area contributed by atoms with E-state index >= 15 is 0 Å². The van der Waals surface area contributed by atoms with Crippen molar-refractivity contribution in [3.05, 3.63) is 0 Å². The molecular weight excluding hydrogens is 220 g/mol. The van der Waals surface area contributed by atoms with Crippen molar-refractivity contribution in [1.82, 2.24) is 10.2 Å². The maximum atomic E-state index is 5.45. The van der Waals surface area contributed by atoms with Gasteiger partial charge >= 0.3 is 0 Å². The molecule has 0 bridgehead atoms. The Bertz CT molecular complexity index is 210. The molecule has 2 heterocycles. The minimum atomic E-state index is 0.218. The number of likely N-dealkylation sites (tertiary alicyclic amines) is 1. The van der Waals surface area contributed by atoms with Crippen molar-refractivity contribution in [2.24, 2.45) is 0 Å². The molecule has 0 radical (unpaired) electrons. The van der Waals surface area contributed by atoms with E-state index in [9.17, 15) is 0 Å². The van der Waals surface area contributed by atoms with Crippen molar-refractivity contribution in [3.8, 4) is 0 Å². The zero-order valence-electron chi connectivity index (χ0n) is 10.9. The zero-order valence-corrected chi connectivity index (χ0v) is 10.9. The van der Waals surface area contributed by atoms with Crippen LogP contribution >= 0.6 is 0 Å². The number of nitrogens with one attached hydrogen (secondary N) is 1. The van der Waals surface area contributed by atoms with E-state index in [1.165, 1.54) is 0 Å². The quantitative estimate of drug-likeness (QED) is 0.720. The van der Waals surface area contributed by atoms with Crippen molar-refractivity contribution in [1.29, 1.82) is 0 Å². The molecule has 5 nitrogen and oxygen atoms in total. The zero-order chi connectivity index (χ0) is 12.1. The van der Waals surface area contributed by atoms with Crippen LogP contribution in [0.15, 0.2) is 0 Å². The SMILES string of the molecule is COC1CN(CCC2COCCN2)CC1OC. The van der Waals surface area contributed by atoms with E-state index in [4.69, 9.17) is 14.2 Å². The summed E-state index contributed by atoms with van der Waals surface area (Å²) in [6.45, 7) is 5.70. The smallest absolute Gasteiger partial charge is 0.0971 e. The Morgan fingerprint density at radius 3 is 2.47 bits per heavy atom. The first-order valence-corrected chi connectivity index (χ1v) is 6.42. The minimum Gasteiger partial charge on any atom is -0.379 e. The van der Waals surface area contributed by atoms with E-state index in [0.717, 1.165) is 45.8 Å². The van der Waals surface area contributed by atoms with Crippen LogP contribution in [0.4, 0.5) is 0 Å². The third-order valence-electron chi connectivity index (χ3n) is 3.69. The molecule has 2 fully saturated rings. The highest BCUT2D eigenvalue weighted by Crippen LogP contribution is 2.16. The Kier molecular flexibility index (Phi) is 5.18. The second-order valence-corrected chi connectivity index (χ2v) is 4.82. The summed E-state index contributed by atoms with van der Waals surface area (Å²) in [4.78, 5) is 2.42. The Labute approximate surface area is 103 Å². The highest BCUT2D eigenvalue weighted by molar-refractivity contribution is 4.86. The molecule has 0 aromatic rings. The van der Waals surface area contributed by atoms with Gasteiger partial charge in [0.2, 0.25) is 0 Å². The number of methoxy groups -OCH3 is 2. The second-order valence-electron chi connectivity index (χ2n) is 4.82. The van der Waals surface area contributed by atoms with Gasteiger partial charge in [-0.25, -0.2) is 0 Å². The molecule has 2 rings (SSSR count). The second kappa shape index (κ2) is 6.66. The topological polar surface area (TPSA) is 43.0 Å². The largest absolute Gasteiger partial charge is 0.379 e. The highest BCUT2D eigenvalue weighted by Gasteiger charge is 2.32. The van der Waals surface area contributed by atoms with Gasteiger partial charge in [0.25, 0.3) is 0 Å². The van der Waals surface area contributed by atoms with Crippen LogP contribution in [-0.2, 0) is 14.2 Å². The molecule has 0 aromatic heterocycles. The lowest BCUT2D eigenvalue weighted by Gasteiger charge is -2.25. The van der Waals surface area contributed by atoms with Gasteiger partial charge in [-0.15, -0.1) is 0 Å². The predicted molar refractivity (Wildman–Crippen MR) is 65.3 cm³/mol. The van der Waals surface area contributed by atoms with E-state index in [1.807, 2.05) is 0 Å². The summed E-state index contributed by atoms with van der Waals surface area (Å²) in [5.74, 6) is 0. The first kappa shape index (κ1) is 13.2. The molecule has 0 aromatic carbocycles. The monoisotopic (exact) mass is 244 g/mol. The molecule has 3 unspecified atom stereocenters. The summed E-state index contributed by atoms with van der Waals surface area (Å²) in [5.41, 5.74) is 0. The predicted octanol–water partition coefficient (Wildman–Crippen LogP) is -0.289. The van der Waals surface area contributed by atoms with Crippen LogP contribution < -0.4 is 5.32 Å². The van der Waals surface area contributed by atoms with E-state index < -0.39 is 0 Å². The van der Waals surface area contributed by atoms with Gasteiger partial charge in [0.1, 0.15) is 0 Å². The number of nitrogens with zero attached hydrogens (tertiary/aromatic N) is 1. The third-order valence-corrected chi connectivity index (χ3v) is 3.69. The molecule has 3 atom stereocenters. The van der Waals surface area contributed by atoms with Crippen molar-refractivity contribution in [3.63, 3.8) is 0 Å². The van der Waals surface area contributed by atoms with Gasteiger partial charge < -0.3 is 19.5 Å². The maximum Gasteiger partial charge on any atom is 0.0971 e. The van der Waals surface area contributed by atoms with E-state index in [1.54, 1.807) is 14.2 Å². The fraction of sp³-hybridized carbons (Fsp3) is 1.00. The summed E-state index contributed by atoms with van der Waals surface area (Å²) in [6.07, 6.45) is 1.57. The van der Waals surface area contributed by atoms with Gasteiger partial charge in [0.05, 0.1) is 25.4 Å². The van der Waals surface area contributed by atoms with Gasteiger partial charge in [0.15, 0.2) is 0 Å². The van der Waals surface area contributed by atoms with Crippen LogP contribution in [0.25, 0.3) is 0 Å². The highest BCUT2D eigenvalue weighted by atomic mass is 16.5. The number of hydrogen-bond acceptors (Lipinski definition) is 5. The van der Waals surface area contributed by atoms with Crippen molar-refractivity contribution < 1.29 is 14.2 Å². The summed E-state index contributed by atoms with van der Waals surface area (Å²) in [7, 11) is 3.52. The van der Waals surface area contributed by atoms with E-state index in [2.05, 4.69) is 10.2 Å². The van der Waals surface area contributed by atoms with E-state index in [-0.39, 0.29) is 12.2 Å². The molecule has 5 heteroatoms. The van der Waals surface area contributed by atoms with Gasteiger partial charge in [-0.05, 0) is 13.0 Å². The van der Waals surface area contributed by atoms with Crippen LogP contribution in [0.5, 0.6) is 0 Å². The minimum absolute atomic E-state index is 0.218. The summed E-state index contributed by atoms with van der Waals surface area (Å²) in [5, 5.41) is 3.48. The Morgan fingerprint density at radius 2 is 1.94 bits per heavy atom. The van der Waals surface area contributed by atoms with Crippen LogP contribution in [0.1, 0.15) is 6.42 Å². The maximum absolute atomic E-state index is 5.45. The molecule has 2 saturated heterocycles. The molecule has 0 amide bonds. The lowest BCUT2D eigenvalue weighted by Crippen LogP contribution is -2.43. The number of hydrogen-bond donors (Lipinski definition) is 1. The number of rotatable bonds is 5. The molecule has 0 saturated carbocycles. The average molecular weight is 244 g/mol. The standard InChI is InChI=1S/C12H24N2O3/c1-15-11-7-14(8-12(11)16-2)5-3-10-9-17-6-4-13-10/h10-13H,3-9H2,1-2H3. The van der Waals surface area contributed by atoms with Crippen LogP contribution in [-0.4, -0.2) is 76.8 Å². The molecular formula is C12H24N2O3. The third kappa shape index (κ3) is 3.63. The number of ether oxygens (including phenoxy) is 3. The summed E-state index contributed by atoms with van der Waals surface area (Å²) >= 11 is 0. The van der Waals surface area contributed by atoms with Crippen LogP contribution in [0, 0.1) is 0 Å². The first-order valence-electron chi connectivity index (χ1n) is 6.42. The lowest BCUT2D eigenvalue weighted by molar-refractivity contribution is -0.00461. The normalized spacial score (nSPS) is 35.3. The number of morpholine rings is 1. The van der Waals surface area contributed by atoms with Gasteiger partial charge in [-0.1, -0.05) is 0 Å². The molecule has 2 aliphatic heterocycles. The average Bonchev–Trinajstić information content (AvgIpc) is 2.80. The van der Waals surface area contributed by atoms with Crippen LogP contribution in [0.3, 0.4) is 0 Å². The van der Waals surface area contributed by atoms with Gasteiger partial charge in [-0.2, -0.15) is 0 Å². The van der Waals surface area contributed by atoms with Crippen molar-refractivity contribution in [2.75, 3.05) is 53.6 Å². The van der Waals surface area contributed by atoms with Crippen molar-refractivity contribution >= 4 is 0 Å². The first-order chi connectivity index (χ1) is 8.33. The summed E-state index contributed by atoms with van der Waals surface area (Å²) in [6, 6.07) is 0.506. The molecule has 2 aliphatic rings. The Hall–Kier alpha value is -0.200. The Balaban J connectivity index is 1.69.